The van der Waals surface area contributed by atoms with Crippen LogP contribution >= 0.6 is 11.6 Å². The molecule has 0 bridgehead atoms. The molecule has 1 atom stereocenters. The van der Waals surface area contributed by atoms with E-state index in [4.69, 9.17) is 16.3 Å². The summed E-state index contributed by atoms with van der Waals surface area (Å²) in [6.07, 6.45) is 1.03. The number of carbonyl (C=O) groups excluding carboxylic acids is 2. The standard InChI is InChI=1S/C33H33ClFN3O5S/c1-2-20-36-33(40)31(21-24-6-4-3-5-7-24)38(22-25-8-10-26(34)11-9-25)32(39)23-43-29-16-18-30(19-17-29)44(41,42)37-28-14-12-27(35)13-15-28/h3-19,31,37H,2,20-23H2,1H3,(H,36,40). The number of hydrogen-bond donors (Lipinski definition) is 2. The first-order chi connectivity index (χ1) is 21.1. The predicted molar refractivity (Wildman–Crippen MR) is 168 cm³/mol. The van der Waals surface area contributed by atoms with E-state index in [1.807, 2.05) is 37.3 Å². The molecule has 11 heteroatoms. The average molecular weight is 638 g/mol. The van der Waals surface area contributed by atoms with E-state index in [1.54, 1.807) is 24.3 Å². The molecule has 1 unspecified atom stereocenters. The molecule has 0 aliphatic heterocycles. The lowest BCUT2D eigenvalue weighted by Gasteiger charge is -2.31. The van der Waals surface area contributed by atoms with E-state index >= 15 is 0 Å². The molecule has 4 rings (SSSR count). The van der Waals surface area contributed by atoms with Crippen LogP contribution in [0.3, 0.4) is 0 Å². The van der Waals surface area contributed by atoms with Gasteiger partial charge in [0.1, 0.15) is 17.6 Å². The Balaban J connectivity index is 1.52. The van der Waals surface area contributed by atoms with Crippen molar-refractivity contribution in [1.82, 2.24) is 10.2 Å². The summed E-state index contributed by atoms with van der Waals surface area (Å²) >= 11 is 6.07. The van der Waals surface area contributed by atoms with Gasteiger partial charge in [0.25, 0.3) is 15.9 Å². The SMILES string of the molecule is CCCNC(=O)C(Cc1ccccc1)N(Cc1ccc(Cl)cc1)C(=O)COc1ccc(S(=O)(=O)Nc2ccc(F)cc2)cc1. The third-order valence-corrected chi connectivity index (χ3v) is 8.33. The molecular weight excluding hydrogens is 605 g/mol. The van der Waals surface area contributed by atoms with Crippen LogP contribution in [0, 0.1) is 5.82 Å². The zero-order valence-electron chi connectivity index (χ0n) is 24.1. The van der Waals surface area contributed by atoms with Gasteiger partial charge in [-0.1, -0.05) is 61.0 Å². The number of carbonyl (C=O) groups is 2. The Morgan fingerprint density at radius 2 is 1.55 bits per heavy atom. The van der Waals surface area contributed by atoms with Gasteiger partial charge in [0, 0.05) is 30.2 Å². The van der Waals surface area contributed by atoms with E-state index < -0.39 is 27.8 Å². The number of nitrogens with zero attached hydrogens (tertiary/aromatic N) is 1. The lowest BCUT2D eigenvalue weighted by atomic mass is 10.0. The number of halogens is 2. The number of benzene rings is 4. The normalized spacial score (nSPS) is 11.8. The Kier molecular flexibility index (Phi) is 11.3. The summed E-state index contributed by atoms with van der Waals surface area (Å²) in [6.45, 7) is 2.17. The molecule has 0 saturated heterocycles. The van der Waals surface area contributed by atoms with Crippen molar-refractivity contribution in [2.75, 3.05) is 17.9 Å². The van der Waals surface area contributed by atoms with Crippen molar-refractivity contribution < 1.29 is 27.1 Å². The summed E-state index contributed by atoms with van der Waals surface area (Å²) in [7, 11) is -3.94. The molecule has 0 heterocycles. The second-order valence-electron chi connectivity index (χ2n) is 10.0. The van der Waals surface area contributed by atoms with E-state index in [1.165, 1.54) is 41.3 Å². The summed E-state index contributed by atoms with van der Waals surface area (Å²) in [5.41, 5.74) is 1.89. The van der Waals surface area contributed by atoms with Gasteiger partial charge in [-0.2, -0.15) is 0 Å². The lowest BCUT2D eigenvalue weighted by Crippen LogP contribution is -2.51. The van der Waals surface area contributed by atoms with Crippen LogP contribution in [0.4, 0.5) is 10.1 Å². The second kappa shape index (κ2) is 15.4. The second-order valence-corrected chi connectivity index (χ2v) is 12.1. The van der Waals surface area contributed by atoms with E-state index in [2.05, 4.69) is 10.0 Å². The highest BCUT2D eigenvalue weighted by molar-refractivity contribution is 7.92. The van der Waals surface area contributed by atoms with Gasteiger partial charge in [-0.15, -0.1) is 0 Å². The van der Waals surface area contributed by atoms with Crippen LogP contribution in [0.5, 0.6) is 5.75 Å². The molecule has 0 spiro atoms. The molecule has 2 N–H and O–H groups in total. The predicted octanol–water partition coefficient (Wildman–Crippen LogP) is 5.83. The third kappa shape index (κ3) is 9.29. The van der Waals surface area contributed by atoms with Crippen LogP contribution < -0.4 is 14.8 Å². The fourth-order valence-electron chi connectivity index (χ4n) is 4.38. The number of ether oxygens (including phenoxy) is 1. The summed E-state index contributed by atoms with van der Waals surface area (Å²) in [6, 6.07) is 26.2. The number of hydrogen-bond acceptors (Lipinski definition) is 5. The monoisotopic (exact) mass is 637 g/mol. The Hall–Kier alpha value is -4.41. The largest absolute Gasteiger partial charge is 0.484 e. The van der Waals surface area contributed by atoms with Crippen LogP contribution in [-0.2, 0) is 32.6 Å². The zero-order chi connectivity index (χ0) is 31.5. The number of amides is 2. The minimum atomic E-state index is -3.94. The number of rotatable bonds is 14. The van der Waals surface area contributed by atoms with E-state index in [0.29, 0.717) is 18.0 Å². The van der Waals surface area contributed by atoms with E-state index in [-0.39, 0.29) is 35.4 Å². The van der Waals surface area contributed by atoms with Gasteiger partial charge in [0.15, 0.2) is 6.61 Å². The van der Waals surface area contributed by atoms with Crippen molar-refractivity contribution in [2.45, 2.75) is 37.2 Å². The Labute approximate surface area is 261 Å². The van der Waals surface area contributed by atoms with Crippen molar-refractivity contribution in [3.05, 3.63) is 125 Å². The van der Waals surface area contributed by atoms with Gasteiger partial charge in [-0.25, -0.2) is 12.8 Å². The van der Waals surface area contributed by atoms with Gasteiger partial charge in [0.05, 0.1) is 4.90 Å². The molecule has 230 valence electrons. The Morgan fingerprint density at radius 1 is 0.886 bits per heavy atom. The Morgan fingerprint density at radius 3 is 2.18 bits per heavy atom. The first-order valence-electron chi connectivity index (χ1n) is 14.0. The molecule has 0 saturated carbocycles. The highest BCUT2D eigenvalue weighted by Gasteiger charge is 2.30. The maximum absolute atomic E-state index is 13.7. The molecule has 4 aromatic rings. The molecule has 8 nitrogen and oxygen atoms in total. The topological polar surface area (TPSA) is 105 Å². The molecule has 0 fully saturated rings. The lowest BCUT2D eigenvalue weighted by molar-refractivity contribution is -0.142. The van der Waals surface area contributed by atoms with Gasteiger partial charge in [-0.05, 0) is 78.2 Å². The highest BCUT2D eigenvalue weighted by atomic mass is 35.5. The maximum Gasteiger partial charge on any atom is 0.261 e. The van der Waals surface area contributed by atoms with E-state index in [0.717, 1.165) is 29.7 Å². The molecule has 0 aliphatic rings. The van der Waals surface area contributed by atoms with Crippen LogP contribution in [0.15, 0.2) is 108 Å². The van der Waals surface area contributed by atoms with Crippen molar-refractivity contribution >= 4 is 39.1 Å². The van der Waals surface area contributed by atoms with Crippen molar-refractivity contribution in [2.24, 2.45) is 0 Å². The minimum absolute atomic E-state index is 0.0413. The maximum atomic E-state index is 13.7. The minimum Gasteiger partial charge on any atom is -0.484 e. The van der Waals surface area contributed by atoms with Crippen LogP contribution in [-0.4, -0.2) is 44.3 Å². The number of sulfonamides is 1. The number of nitrogens with one attached hydrogen (secondary N) is 2. The fourth-order valence-corrected chi connectivity index (χ4v) is 5.57. The van der Waals surface area contributed by atoms with Crippen LogP contribution in [0.2, 0.25) is 5.02 Å². The van der Waals surface area contributed by atoms with Crippen molar-refractivity contribution in [3.63, 3.8) is 0 Å². The fraction of sp³-hybridized carbons (Fsp3) is 0.212. The molecule has 0 radical (unpaired) electrons. The Bertz CT molecular complexity index is 1640. The molecule has 2 amide bonds. The zero-order valence-corrected chi connectivity index (χ0v) is 25.7. The molecule has 0 aromatic heterocycles. The quantitative estimate of drug-likeness (QED) is 0.181. The van der Waals surface area contributed by atoms with Crippen molar-refractivity contribution in [1.29, 1.82) is 0 Å². The number of anilines is 1. The van der Waals surface area contributed by atoms with Gasteiger partial charge < -0.3 is 15.0 Å². The smallest absolute Gasteiger partial charge is 0.261 e. The molecule has 0 aliphatic carbocycles. The van der Waals surface area contributed by atoms with Crippen molar-refractivity contribution in [3.8, 4) is 5.75 Å². The highest BCUT2D eigenvalue weighted by Crippen LogP contribution is 2.21. The van der Waals surface area contributed by atoms with Gasteiger partial charge in [-0.3, -0.25) is 14.3 Å². The van der Waals surface area contributed by atoms with Gasteiger partial charge >= 0.3 is 0 Å². The third-order valence-electron chi connectivity index (χ3n) is 6.68. The summed E-state index contributed by atoms with van der Waals surface area (Å²) in [5.74, 6) is -0.923. The first-order valence-corrected chi connectivity index (χ1v) is 15.9. The summed E-state index contributed by atoms with van der Waals surface area (Å²) in [4.78, 5) is 28.6. The van der Waals surface area contributed by atoms with Crippen LogP contribution in [0.1, 0.15) is 24.5 Å². The summed E-state index contributed by atoms with van der Waals surface area (Å²) < 4.78 is 46.8. The molecule has 44 heavy (non-hydrogen) atoms. The first kappa shape index (κ1) is 32.5. The van der Waals surface area contributed by atoms with Crippen LogP contribution in [0.25, 0.3) is 0 Å². The molecular formula is C33H33ClFN3O5S. The summed E-state index contributed by atoms with van der Waals surface area (Å²) in [5, 5.41) is 3.47. The van der Waals surface area contributed by atoms with Gasteiger partial charge in [0.2, 0.25) is 5.91 Å². The average Bonchev–Trinajstić information content (AvgIpc) is 3.03. The van der Waals surface area contributed by atoms with E-state index in [9.17, 15) is 22.4 Å². The molecule has 4 aromatic carbocycles.